The van der Waals surface area contributed by atoms with Gasteiger partial charge in [-0.2, -0.15) is 0 Å². The predicted octanol–water partition coefficient (Wildman–Crippen LogP) is 3.37. The molecule has 0 unspecified atom stereocenters. The van der Waals surface area contributed by atoms with Gasteiger partial charge in [0.15, 0.2) is 0 Å². The lowest BCUT2D eigenvalue weighted by molar-refractivity contribution is -0.131. The highest BCUT2D eigenvalue weighted by atomic mass is 35.5. The average molecular weight is 255 g/mol. The van der Waals surface area contributed by atoms with Gasteiger partial charge in [-0.05, 0) is 49.6 Å². The molecule has 0 saturated carbocycles. The number of hydrogen-bond acceptors (Lipinski definition) is 2. The third kappa shape index (κ3) is 4.11. The highest BCUT2D eigenvalue weighted by Crippen LogP contribution is 2.27. The van der Waals surface area contributed by atoms with Gasteiger partial charge in [0.05, 0.1) is 0 Å². The predicted molar refractivity (Wildman–Crippen MR) is 67.8 cm³/mol. The summed E-state index contributed by atoms with van der Waals surface area (Å²) in [5.41, 5.74) is 2.54. The number of rotatable bonds is 4. The minimum atomic E-state index is -0.962. The first-order valence-corrected chi connectivity index (χ1v) is 5.57. The van der Waals surface area contributed by atoms with Crippen LogP contribution in [0.5, 0.6) is 5.75 Å². The maximum Gasteiger partial charge on any atom is 0.328 e. The van der Waals surface area contributed by atoms with Crippen molar-refractivity contribution in [3.63, 3.8) is 0 Å². The topological polar surface area (TPSA) is 46.5 Å². The van der Waals surface area contributed by atoms with Crippen molar-refractivity contribution >= 4 is 17.6 Å². The van der Waals surface area contributed by atoms with Crippen molar-refractivity contribution in [1.82, 2.24) is 0 Å². The van der Waals surface area contributed by atoms with E-state index in [1.54, 1.807) is 6.92 Å². The van der Waals surface area contributed by atoms with Crippen LogP contribution in [0.25, 0.3) is 0 Å². The van der Waals surface area contributed by atoms with Crippen molar-refractivity contribution < 1.29 is 14.6 Å². The number of aryl methyl sites for hydroxylation is 2. The number of ether oxygens (including phenoxy) is 1. The van der Waals surface area contributed by atoms with E-state index in [-0.39, 0.29) is 6.61 Å². The molecule has 1 aromatic carbocycles. The van der Waals surface area contributed by atoms with Crippen LogP contribution in [0.15, 0.2) is 23.8 Å². The van der Waals surface area contributed by atoms with Crippen molar-refractivity contribution in [2.75, 3.05) is 6.61 Å². The fourth-order valence-electron chi connectivity index (χ4n) is 1.56. The zero-order valence-corrected chi connectivity index (χ0v) is 10.8. The van der Waals surface area contributed by atoms with Crippen LogP contribution in [0.1, 0.15) is 18.1 Å². The minimum Gasteiger partial charge on any atom is -0.489 e. The fourth-order valence-corrected chi connectivity index (χ4v) is 1.89. The molecule has 0 radical (unpaired) electrons. The molecule has 1 rings (SSSR count). The molecule has 0 heterocycles. The van der Waals surface area contributed by atoms with Crippen LogP contribution in [-0.4, -0.2) is 17.7 Å². The van der Waals surface area contributed by atoms with Gasteiger partial charge in [-0.15, -0.1) is 0 Å². The first kappa shape index (κ1) is 13.6. The van der Waals surface area contributed by atoms with Crippen LogP contribution in [-0.2, 0) is 4.79 Å². The third-order valence-corrected chi connectivity index (χ3v) is 2.46. The highest BCUT2D eigenvalue weighted by Gasteiger charge is 2.06. The molecule has 0 atom stereocenters. The Morgan fingerprint density at radius 3 is 2.41 bits per heavy atom. The lowest BCUT2D eigenvalue weighted by Gasteiger charge is -2.12. The molecule has 1 aromatic rings. The molecule has 3 nitrogen and oxygen atoms in total. The monoisotopic (exact) mass is 254 g/mol. The summed E-state index contributed by atoms with van der Waals surface area (Å²) in [7, 11) is 0. The molecule has 0 amide bonds. The molecule has 17 heavy (non-hydrogen) atoms. The van der Waals surface area contributed by atoms with Gasteiger partial charge in [0.2, 0.25) is 0 Å². The smallest absolute Gasteiger partial charge is 0.328 e. The van der Waals surface area contributed by atoms with Gasteiger partial charge in [0, 0.05) is 11.1 Å². The van der Waals surface area contributed by atoms with Crippen LogP contribution in [0, 0.1) is 13.8 Å². The van der Waals surface area contributed by atoms with Gasteiger partial charge in [-0.3, -0.25) is 0 Å². The Morgan fingerprint density at radius 1 is 1.41 bits per heavy atom. The molecule has 0 fully saturated rings. The second-order valence-corrected chi connectivity index (χ2v) is 4.42. The zero-order valence-electron chi connectivity index (χ0n) is 10.1. The number of hydrogen-bond donors (Lipinski definition) is 1. The van der Waals surface area contributed by atoms with E-state index in [4.69, 9.17) is 21.4 Å². The summed E-state index contributed by atoms with van der Waals surface area (Å²) < 4.78 is 5.59. The van der Waals surface area contributed by atoms with Gasteiger partial charge in [-0.1, -0.05) is 11.6 Å². The van der Waals surface area contributed by atoms with Crippen LogP contribution >= 0.6 is 11.6 Å². The third-order valence-electron chi connectivity index (χ3n) is 2.24. The maximum absolute atomic E-state index is 10.5. The Hall–Kier alpha value is -1.48. The Kier molecular flexibility index (Phi) is 4.58. The fraction of sp³-hybridized carbons (Fsp3) is 0.308. The molecule has 4 heteroatoms. The summed E-state index contributed by atoms with van der Waals surface area (Å²) in [6.07, 6.45) is 1.14. The van der Waals surface area contributed by atoms with E-state index in [2.05, 4.69) is 0 Å². The number of benzene rings is 1. The number of aliphatic carboxylic acids is 1. The van der Waals surface area contributed by atoms with E-state index >= 15 is 0 Å². The number of halogens is 1. The Morgan fingerprint density at radius 2 is 1.94 bits per heavy atom. The van der Waals surface area contributed by atoms with Gasteiger partial charge < -0.3 is 9.84 Å². The Balaban J connectivity index is 2.80. The summed E-state index contributed by atoms with van der Waals surface area (Å²) in [6.45, 7) is 5.79. The van der Waals surface area contributed by atoms with E-state index in [0.29, 0.717) is 10.6 Å². The van der Waals surface area contributed by atoms with E-state index in [1.807, 2.05) is 26.0 Å². The van der Waals surface area contributed by atoms with Gasteiger partial charge >= 0.3 is 5.97 Å². The Labute approximate surface area is 106 Å². The van der Waals surface area contributed by atoms with Crippen LogP contribution < -0.4 is 4.74 Å². The first-order valence-electron chi connectivity index (χ1n) is 5.20. The second kappa shape index (κ2) is 5.73. The maximum atomic E-state index is 10.5. The van der Waals surface area contributed by atoms with E-state index in [0.717, 1.165) is 23.0 Å². The number of carbonyl (C=O) groups is 1. The zero-order chi connectivity index (χ0) is 13.0. The van der Waals surface area contributed by atoms with E-state index in [1.165, 1.54) is 0 Å². The lowest BCUT2D eigenvalue weighted by atomic mass is 10.1. The molecule has 0 aliphatic carbocycles. The van der Waals surface area contributed by atoms with Crippen molar-refractivity contribution in [1.29, 1.82) is 0 Å². The minimum absolute atomic E-state index is 0.260. The SMILES string of the molecule is CC(=CC(=O)O)COc1c(C)cc(Cl)cc1C. The molecule has 0 aromatic heterocycles. The summed E-state index contributed by atoms with van der Waals surface area (Å²) >= 11 is 5.91. The summed E-state index contributed by atoms with van der Waals surface area (Å²) in [5.74, 6) is -0.205. The summed E-state index contributed by atoms with van der Waals surface area (Å²) in [6, 6.07) is 3.64. The van der Waals surface area contributed by atoms with Crippen LogP contribution in [0.2, 0.25) is 5.02 Å². The quantitative estimate of drug-likeness (QED) is 0.838. The lowest BCUT2D eigenvalue weighted by Crippen LogP contribution is -2.03. The molecule has 0 aliphatic rings. The molecule has 0 spiro atoms. The van der Waals surface area contributed by atoms with Gasteiger partial charge in [0.25, 0.3) is 0 Å². The molecule has 92 valence electrons. The largest absolute Gasteiger partial charge is 0.489 e. The molecule has 0 aliphatic heterocycles. The molecular formula is C13H15ClO3. The van der Waals surface area contributed by atoms with E-state index in [9.17, 15) is 4.79 Å². The van der Waals surface area contributed by atoms with Crippen molar-refractivity contribution in [2.45, 2.75) is 20.8 Å². The van der Waals surface area contributed by atoms with Crippen molar-refractivity contribution in [2.24, 2.45) is 0 Å². The van der Waals surface area contributed by atoms with Crippen LogP contribution in [0.3, 0.4) is 0 Å². The average Bonchev–Trinajstić information content (AvgIpc) is 2.14. The number of carboxylic acids is 1. The van der Waals surface area contributed by atoms with Gasteiger partial charge in [0.1, 0.15) is 12.4 Å². The molecule has 0 saturated heterocycles. The summed E-state index contributed by atoms with van der Waals surface area (Å²) in [4.78, 5) is 10.5. The number of carboxylic acid groups (broad SMARTS) is 1. The second-order valence-electron chi connectivity index (χ2n) is 3.99. The van der Waals surface area contributed by atoms with Crippen LogP contribution in [0.4, 0.5) is 0 Å². The molecule has 1 N–H and O–H groups in total. The molecule has 0 bridgehead atoms. The standard InChI is InChI=1S/C13H15ClO3/c1-8(4-12(15)16)7-17-13-9(2)5-11(14)6-10(13)3/h4-6H,7H2,1-3H3,(H,15,16). The van der Waals surface area contributed by atoms with Gasteiger partial charge in [-0.25, -0.2) is 4.79 Å². The van der Waals surface area contributed by atoms with Crippen molar-refractivity contribution in [3.8, 4) is 5.75 Å². The van der Waals surface area contributed by atoms with Crippen molar-refractivity contribution in [3.05, 3.63) is 39.9 Å². The van der Waals surface area contributed by atoms with E-state index < -0.39 is 5.97 Å². The molecular weight excluding hydrogens is 240 g/mol. The summed E-state index contributed by atoms with van der Waals surface area (Å²) in [5, 5.41) is 9.25. The first-order chi connectivity index (χ1) is 7.90. The highest BCUT2D eigenvalue weighted by molar-refractivity contribution is 6.30. The Bertz CT molecular complexity index is 441. The normalized spacial score (nSPS) is 11.4.